The van der Waals surface area contributed by atoms with Gasteiger partial charge in [0.05, 0.1) is 35.2 Å². The van der Waals surface area contributed by atoms with E-state index in [0.29, 0.717) is 41.0 Å². The summed E-state index contributed by atoms with van der Waals surface area (Å²) in [5.74, 6) is 0.918. The summed E-state index contributed by atoms with van der Waals surface area (Å²) in [6, 6.07) is 12.9. The third kappa shape index (κ3) is 4.20. The van der Waals surface area contributed by atoms with Crippen LogP contribution in [0.15, 0.2) is 53.1 Å². The van der Waals surface area contributed by atoms with Crippen LogP contribution in [0.25, 0.3) is 6.08 Å². The van der Waals surface area contributed by atoms with Gasteiger partial charge in [0.2, 0.25) is 0 Å². The minimum absolute atomic E-state index is 0.177. The first kappa shape index (κ1) is 20.0. The molecule has 0 atom stereocenters. The predicted molar refractivity (Wildman–Crippen MR) is 113 cm³/mol. The van der Waals surface area contributed by atoms with Gasteiger partial charge in [0, 0.05) is 0 Å². The monoisotopic (exact) mass is 398 g/mol. The van der Waals surface area contributed by atoms with Crippen molar-refractivity contribution in [3.05, 3.63) is 58.6 Å². The zero-order valence-corrected chi connectivity index (χ0v) is 17.0. The average molecular weight is 399 g/mol. The molecule has 6 heteroatoms. The van der Waals surface area contributed by atoms with Crippen LogP contribution in [-0.2, 0) is 4.79 Å². The van der Waals surface area contributed by atoms with Crippen LogP contribution in [0.4, 0.5) is 5.69 Å². The van der Waals surface area contributed by atoms with Gasteiger partial charge in [-0.25, -0.2) is 0 Å². The van der Waals surface area contributed by atoms with E-state index in [-0.39, 0.29) is 5.91 Å². The van der Waals surface area contributed by atoms with Crippen LogP contribution >= 0.6 is 11.6 Å². The molecule has 2 aromatic rings. The van der Waals surface area contributed by atoms with Crippen LogP contribution in [0.5, 0.6) is 11.5 Å². The Morgan fingerprint density at radius 1 is 1.14 bits per heavy atom. The number of carbonyl (C=O) groups excluding carboxylic acids is 1. The Kier molecular flexibility index (Phi) is 6.37. The summed E-state index contributed by atoms with van der Waals surface area (Å²) in [7, 11) is 0. The molecule has 0 aliphatic carbocycles. The third-order valence-electron chi connectivity index (χ3n) is 4.16. The molecule has 0 unspecified atom stereocenters. The lowest BCUT2D eigenvalue weighted by atomic mass is 10.1. The standard InChI is InChI=1S/C22H23ClN2O3/c1-4-11-28-21-19(23)13-16(14-20(21)27-5-2)12-18-15(3)24-25(22(18)26)17-9-7-6-8-10-17/h6-10,12-14H,4-5,11H2,1-3H3/b18-12+. The van der Waals surface area contributed by atoms with Gasteiger partial charge in [-0.15, -0.1) is 0 Å². The normalized spacial score (nSPS) is 15.1. The molecule has 0 radical (unpaired) electrons. The molecule has 3 rings (SSSR count). The lowest BCUT2D eigenvalue weighted by Gasteiger charge is -2.14. The number of benzene rings is 2. The zero-order valence-electron chi connectivity index (χ0n) is 16.2. The van der Waals surface area contributed by atoms with E-state index in [9.17, 15) is 4.79 Å². The SMILES string of the molecule is CCCOc1c(Cl)cc(/C=C2/C(=O)N(c3ccccc3)N=C2C)cc1OCC. The highest BCUT2D eigenvalue weighted by Gasteiger charge is 2.28. The fourth-order valence-electron chi connectivity index (χ4n) is 2.87. The van der Waals surface area contributed by atoms with Crippen molar-refractivity contribution in [3.63, 3.8) is 0 Å². The van der Waals surface area contributed by atoms with E-state index in [1.807, 2.05) is 57.2 Å². The highest BCUT2D eigenvalue weighted by Crippen LogP contribution is 2.38. The van der Waals surface area contributed by atoms with Crippen LogP contribution in [0, 0.1) is 0 Å². The molecule has 0 fully saturated rings. The summed E-state index contributed by atoms with van der Waals surface area (Å²) in [5.41, 5.74) is 2.65. The second kappa shape index (κ2) is 8.93. The summed E-state index contributed by atoms with van der Waals surface area (Å²) in [5, 5.41) is 6.26. The number of amides is 1. The van der Waals surface area contributed by atoms with E-state index in [4.69, 9.17) is 21.1 Å². The molecule has 2 aromatic carbocycles. The summed E-state index contributed by atoms with van der Waals surface area (Å²) in [6.45, 7) is 6.78. The number of anilines is 1. The second-order valence-corrected chi connectivity index (χ2v) is 6.71. The van der Waals surface area contributed by atoms with Gasteiger partial charge in [0.15, 0.2) is 11.5 Å². The predicted octanol–water partition coefficient (Wildman–Crippen LogP) is 5.33. The van der Waals surface area contributed by atoms with E-state index >= 15 is 0 Å². The number of para-hydroxylation sites is 1. The first-order valence-corrected chi connectivity index (χ1v) is 9.68. The van der Waals surface area contributed by atoms with E-state index < -0.39 is 0 Å². The van der Waals surface area contributed by atoms with Crippen molar-refractivity contribution in [1.82, 2.24) is 0 Å². The lowest BCUT2D eigenvalue weighted by molar-refractivity contribution is -0.114. The Hall–Kier alpha value is -2.79. The number of ether oxygens (including phenoxy) is 2. The maximum atomic E-state index is 12.9. The number of hydrogen-bond acceptors (Lipinski definition) is 4. The summed E-state index contributed by atoms with van der Waals surface area (Å²) < 4.78 is 11.4. The fraction of sp³-hybridized carbons (Fsp3) is 0.273. The van der Waals surface area contributed by atoms with E-state index in [1.165, 1.54) is 5.01 Å². The van der Waals surface area contributed by atoms with Crippen molar-refractivity contribution in [1.29, 1.82) is 0 Å². The third-order valence-corrected chi connectivity index (χ3v) is 4.44. The first-order chi connectivity index (χ1) is 13.5. The Morgan fingerprint density at radius 3 is 2.57 bits per heavy atom. The molecule has 0 spiro atoms. The minimum atomic E-state index is -0.177. The maximum absolute atomic E-state index is 12.9. The van der Waals surface area contributed by atoms with E-state index in [2.05, 4.69) is 5.10 Å². The summed E-state index contributed by atoms with van der Waals surface area (Å²) in [4.78, 5) is 12.9. The van der Waals surface area contributed by atoms with Crippen LogP contribution < -0.4 is 14.5 Å². The summed E-state index contributed by atoms with van der Waals surface area (Å²) in [6.07, 6.45) is 2.65. The van der Waals surface area contributed by atoms with Crippen molar-refractivity contribution in [3.8, 4) is 11.5 Å². The molecule has 0 N–H and O–H groups in total. The highest BCUT2D eigenvalue weighted by molar-refractivity contribution is 6.33. The van der Waals surface area contributed by atoms with Crippen molar-refractivity contribution < 1.29 is 14.3 Å². The maximum Gasteiger partial charge on any atom is 0.280 e. The molecule has 28 heavy (non-hydrogen) atoms. The topological polar surface area (TPSA) is 51.1 Å². The van der Waals surface area contributed by atoms with Gasteiger partial charge < -0.3 is 9.47 Å². The molecule has 1 amide bonds. The van der Waals surface area contributed by atoms with Crippen molar-refractivity contribution in [2.24, 2.45) is 5.10 Å². The fourth-order valence-corrected chi connectivity index (χ4v) is 3.15. The quantitative estimate of drug-likeness (QED) is 0.592. The van der Waals surface area contributed by atoms with Crippen molar-refractivity contribution >= 4 is 35.0 Å². The molecular weight excluding hydrogens is 376 g/mol. The molecule has 1 heterocycles. The molecule has 0 saturated carbocycles. The van der Waals surface area contributed by atoms with Crippen molar-refractivity contribution in [2.45, 2.75) is 27.2 Å². The average Bonchev–Trinajstić information content (AvgIpc) is 2.96. The minimum Gasteiger partial charge on any atom is -0.490 e. The van der Waals surface area contributed by atoms with Crippen LogP contribution in [0.2, 0.25) is 5.02 Å². The number of carbonyl (C=O) groups is 1. The largest absolute Gasteiger partial charge is 0.490 e. The van der Waals surface area contributed by atoms with Gasteiger partial charge in [0.25, 0.3) is 5.91 Å². The van der Waals surface area contributed by atoms with Gasteiger partial charge in [-0.1, -0.05) is 36.7 Å². The highest BCUT2D eigenvalue weighted by atomic mass is 35.5. The van der Waals surface area contributed by atoms with Gasteiger partial charge in [0.1, 0.15) is 0 Å². The van der Waals surface area contributed by atoms with Crippen LogP contribution in [0.1, 0.15) is 32.8 Å². The number of hydrogen-bond donors (Lipinski definition) is 0. The first-order valence-electron chi connectivity index (χ1n) is 9.31. The number of hydrazone groups is 1. The van der Waals surface area contributed by atoms with Crippen molar-refractivity contribution in [2.75, 3.05) is 18.2 Å². The van der Waals surface area contributed by atoms with Gasteiger partial charge in [-0.3, -0.25) is 4.79 Å². The number of rotatable bonds is 7. The summed E-state index contributed by atoms with van der Waals surface area (Å²) >= 11 is 6.43. The number of halogens is 1. The van der Waals surface area contributed by atoms with Gasteiger partial charge >= 0.3 is 0 Å². The van der Waals surface area contributed by atoms with E-state index in [1.54, 1.807) is 12.1 Å². The van der Waals surface area contributed by atoms with Gasteiger partial charge in [-0.05, 0) is 56.2 Å². The molecule has 1 aliphatic heterocycles. The molecule has 5 nitrogen and oxygen atoms in total. The Balaban J connectivity index is 1.95. The smallest absolute Gasteiger partial charge is 0.280 e. The van der Waals surface area contributed by atoms with Crippen LogP contribution in [0.3, 0.4) is 0 Å². The van der Waals surface area contributed by atoms with Gasteiger partial charge in [-0.2, -0.15) is 10.1 Å². The Labute approximate surface area is 170 Å². The second-order valence-electron chi connectivity index (χ2n) is 6.31. The van der Waals surface area contributed by atoms with E-state index in [0.717, 1.165) is 17.7 Å². The Bertz CT molecular complexity index is 923. The molecular formula is C22H23ClN2O3. The Morgan fingerprint density at radius 2 is 1.89 bits per heavy atom. The molecule has 146 valence electrons. The van der Waals surface area contributed by atoms with Crippen LogP contribution in [-0.4, -0.2) is 24.8 Å². The molecule has 0 bridgehead atoms. The lowest BCUT2D eigenvalue weighted by Crippen LogP contribution is -2.21. The molecule has 0 aromatic heterocycles. The zero-order chi connectivity index (χ0) is 20.1. The molecule has 0 saturated heterocycles. The number of nitrogens with zero attached hydrogens (tertiary/aromatic N) is 2. The molecule has 1 aliphatic rings.